The lowest BCUT2D eigenvalue weighted by Gasteiger charge is -2.06. The zero-order valence-electron chi connectivity index (χ0n) is 12.6. The third-order valence-corrected chi connectivity index (χ3v) is 2.84. The maximum absolute atomic E-state index is 5.68. The van der Waals surface area contributed by atoms with Gasteiger partial charge in [0.2, 0.25) is 0 Å². The third kappa shape index (κ3) is 5.11. The highest BCUT2D eigenvalue weighted by atomic mass is 16.5. The number of benzene rings is 1. The Bertz CT molecular complexity index is 540. The highest BCUT2D eigenvalue weighted by Gasteiger charge is 2.05. The van der Waals surface area contributed by atoms with Crippen molar-refractivity contribution < 1.29 is 14.0 Å². The smallest absolute Gasteiger partial charge is 0.174 e. The number of ether oxygens (including phenoxy) is 2. The predicted octanol–water partition coefficient (Wildman–Crippen LogP) is 3.15. The minimum absolute atomic E-state index is 0.357. The number of nitrogens with one attached hydrogen (secondary N) is 1. The molecule has 0 aliphatic heterocycles. The molecule has 1 aromatic carbocycles. The fourth-order valence-corrected chi connectivity index (χ4v) is 1.88. The van der Waals surface area contributed by atoms with Gasteiger partial charge in [-0.1, -0.05) is 18.1 Å². The molecule has 1 N–H and O–H groups in total. The lowest BCUT2D eigenvalue weighted by molar-refractivity contribution is 0.246. The molecule has 0 unspecified atom stereocenters. The fraction of sp³-hybridized carbons (Fsp3) is 0.438. The average Bonchev–Trinajstić information content (AvgIpc) is 2.94. The van der Waals surface area contributed by atoms with Crippen LogP contribution in [0.5, 0.6) is 11.5 Å². The molecule has 5 nitrogen and oxygen atoms in total. The summed E-state index contributed by atoms with van der Waals surface area (Å²) in [6.45, 7) is 6.78. The van der Waals surface area contributed by atoms with Gasteiger partial charge in [-0.25, -0.2) is 0 Å². The summed E-state index contributed by atoms with van der Waals surface area (Å²) in [5, 5.41) is 7.29. The summed E-state index contributed by atoms with van der Waals surface area (Å²) in [5.74, 6) is 2.27. The number of hydrogen-bond acceptors (Lipinski definition) is 5. The van der Waals surface area contributed by atoms with Crippen molar-refractivity contribution in [1.29, 1.82) is 0 Å². The minimum Gasteiger partial charge on any atom is -0.494 e. The van der Waals surface area contributed by atoms with E-state index in [1.54, 1.807) is 0 Å². The largest absolute Gasteiger partial charge is 0.494 e. The van der Waals surface area contributed by atoms with E-state index >= 15 is 0 Å². The Morgan fingerprint density at radius 1 is 1.14 bits per heavy atom. The van der Waals surface area contributed by atoms with Gasteiger partial charge in [0.1, 0.15) is 18.1 Å². The van der Waals surface area contributed by atoms with Crippen LogP contribution in [-0.4, -0.2) is 18.3 Å². The number of aromatic nitrogens is 1. The summed E-state index contributed by atoms with van der Waals surface area (Å²) in [6, 6.07) is 9.48. The van der Waals surface area contributed by atoms with Gasteiger partial charge < -0.3 is 19.3 Å². The van der Waals surface area contributed by atoms with Crippen LogP contribution in [0.15, 0.2) is 34.9 Å². The van der Waals surface area contributed by atoms with Crippen molar-refractivity contribution in [1.82, 2.24) is 10.5 Å². The normalized spacial score (nSPS) is 10.6. The van der Waals surface area contributed by atoms with Crippen molar-refractivity contribution in [2.75, 3.05) is 13.2 Å². The van der Waals surface area contributed by atoms with E-state index in [9.17, 15) is 0 Å². The van der Waals surface area contributed by atoms with E-state index in [4.69, 9.17) is 14.0 Å². The van der Waals surface area contributed by atoms with Crippen molar-refractivity contribution >= 4 is 0 Å². The summed E-state index contributed by atoms with van der Waals surface area (Å²) in [7, 11) is 0. The first-order valence-corrected chi connectivity index (χ1v) is 7.32. The molecule has 0 fully saturated rings. The minimum atomic E-state index is 0.357. The zero-order chi connectivity index (χ0) is 14.9. The quantitative estimate of drug-likeness (QED) is 0.719. The summed E-state index contributed by atoms with van der Waals surface area (Å²) in [5.41, 5.74) is 0.894. The summed E-state index contributed by atoms with van der Waals surface area (Å²) in [6.07, 6.45) is 1.10. The Balaban J connectivity index is 1.83. The molecule has 21 heavy (non-hydrogen) atoms. The van der Waals surface area contributed by atoms with Crippen LogP contribution in [0.25, 0.3) is 0 Å². The van der Waals surface area contributed by atoms with Gasteiger partial charge in [0.05, 0.1) is 12.3 Å². The van der Waals surface area contributed by atoms with E-state index in [2.05, 4.69) is 17.4 Å². The standard InChI is InChI=1S/C16H22N2O3/c1-3-8-17-11-13-9-16(21-18-13)12-20-15-7-5-6-14(10-15)19-4-2/h5-7,9-10,17H,3-4,8,11-12H2,1-2H3. The molecule has 0 aliphatic rings. The molecule has 0 amide bonds. The van der Waals surface area contributed by atoms with E-state index in [0.717, 1.165) is 36.7 Å². The maximum atomic E-state index is 5.68. The Morgan fingerprint density at radius 3 is 2.71 bits per heavy atom. The molecule has 1 aromatic heterocycles. The molecule has 0 aliphatic carbocycles. The van der Waals surface area contributed by atoms with Crippen LogP contribution in [0.4, 0.5) is 0 Å². The first-order chi connectivity index (χ1) is 10.3. The van der Waals surface area contributed by atoms with Gasteiger partial charge in [-0.15, -0.1) is 0 Å². The second-order valence-corrected chi connectivity index (χ2v) is 4.66. The van der Waals surface area contributed by atoms with E-state index in [1.807, 2.05) is 37.3 Å². The Hall–Kier alpha value is -2.01. The molecule has 114 valence electrons. The molecule has 2 aromatic rings. The van der Waals surface area contributed by atoms with Crippen LogP contribution >= 0.6 is 0 Å². The summed E-state index contributed by atoms with van der Waals surface area (Å²) < 4.78 is 16.4. The van der Waals surface area contributed by atoms with Gasteiger partial charge >= 0.3 is 0 Å². The van der Waals surface area contributed by atoms with Gasteiger partial charge in [0, 0.05) is 18.7 Å². The predicted molar refractivity (Wildman–Crippen MR) is 80.4 cm³/mol. The molecule has 1 heterocycles. The van der Waals surface area contributed by atoms with E-state index in [-0.39, 0.29) is 0 Å². The van der Waals surface area contributed by atoms with Gasteiger partial charge in [-0.05, 0) is 32.0 Å². The molecule has 2 rings (SSSR count). The Morgan fingerprint density at radius 2 is 1.95 bits per heavy atom. The molecule has 0 saturated heterocycles. The Labute approximate surface area is 125 Å². The van der Waals surface area contributed by atoms with Crippen LogP contribution in [-0.2, 0) is 13.2 Å². The third-order valence-electron chi connectivity index (χ3n) is 2.84. The molecule has 5 heteroatoms. The van der Waals surface area contributed by atoms with Gasteiger partial charge in [-0.3, -0.25) is 0 Å². The van der Waals surface area contributed by atoms with Gasteiger partial charge in [-0.2, -0.15) is 0 Å². The van der Waals surface area contributed by atoms with Crippen LogP contribution in [0.1, 0.15) is 31.7 Å². The first-order valence-electron chi connectivity index (χ1n) is 7.32. The number of nitrogens with zero attached hydrogens (tertiary/aromatic N) is 1. The topological polar surface area (TPSA) is 56.5 Å². The number of rotatable bonds is 9. The van der Waals surface area contributed by atoms with Crippen LogP contribution in [0.3, 0.4) is 0 Å². The van der Waals surface area contributed by atoms with Crippen molar-refractivity contribution in [3.63, 3.8) is 0 Å². The summed E-state index contributed by atoms with van der Waals surface area (Å²) >= 11 is 0. The molecule has 0 atom stereocenters. The van der Waals surface area contributed by atoms with Crippen molar-refractivity contribution in [2.45, 2.75) is 33.4 Å². The monoisotopic (exact) mass is 290 g/mol. The van der Waals surface area contributed by atoms with Crippen molar-refractivity contribution in [3.8, 4) is 11.5 Å². The lowest BCUT2D eigenvalue weighted by Crippen LogP contribution is -2.13. The lowest BCUT2D eigenvalue weighted by atomic mass is 10.3. The highest BCUT2D eigenvalue weighted by Crippen LogP contribution is 2.20. The van der Waals surface area contributed by atoms with Crippen molar-refractivity contribution in [2.24, 2.45) is 0 Å². The van der Waals surface area contributed by atoms with Crippen molar-refractivity contribution in [3.05, 3.63) is 41.8 Å². The average molecular weight is 290 g/mol. The van der Waals surface area contributed by atoms with Crippen LogP contribution in [0, 0.1) is 0 Å². The van der Waals surface area contributed by atoms with E-state index < -0.39 is 0 Å². The Kier molecular flexibility index (Phi) is 6.09. The van der Waals surface area contributed by atoms with E-state index in [1.165, 1.54) is 0 Å². The first kappa shape index (κ1) is 15.4. The second-order valence-electron chi connectivity index (χ2n) is 4.66. The highest BCUT2D eigenvalue weighted by molar-refractivity contribution is 5.33. The molecular weight excluding hydrogens is 268 g/mol. The molecular formula is C16H22N2O3. The molecule has 0 bridgehead atoms. The van der Waals surface area contributed by atoms with Gasteiger partial charge in [0.25, 0.3) is 0 Å². The molecule has 0 spiro atoms. The van der Waals surface area contributed by atoms with Gasteiger partial charge in [0.15, 0.2) is 5.76 Å². The number of hydrogen-bond donors (Lipinski definition) is 1. The zero-order valence-corrected chi connectivity index (χ0v) is 12.6. The SMILES string of the molecule is CCCNCc1cc(COc2cccc(OCC)c2)on1. The van der Waals surface area contributed by atoms with E-state index in [0.29, 0.717) is 19.0 Å². The molecule has 0 saturated carbocycles. The second kappa shape index (κ2) is 8.32. The maximum Gasteiger partial charge on any atom is 0.174 e. The summed E-state index contributed by atoms with van der Waals surface area (Å²) in [4.78, 5) is 0. The fourth-order valence-electron chi connectivity index (χ4n) is 1.88. The van der Waals surface area contributed by atoms with Crippen LogP contribution < -0.4 is 14.8 Å². The molecule has 0 radical (unpaired) electrons. The van der Waals surface area contributed by atoms with Crippen LogP contribution in [0.2, 0.25) is 0 Å².